The van der Waals surface area contributed by atoms with Crippen LogP contribution in [0.25, 0.3) is 26.6 Å². The van der Waals surface area contributed by atoms with Crippen molar-refractivity contribution in [1.82, 2.24) is 19.7 Å². The van der Waals surface area contributed by atoms with Crippen LogP contribution in [0.3, 0.4) is 0 Å². The van der Waals surface area contributed by atoms with Crippen LogP contribution in [-0.4, -0.2) is 40.2 Å². The molecule has 2 aromatic carbocycles. The van der Waals surface area contributed by atoms with Crippen LogP contribution >= 0.6 is 11.3 Å². The van der Waals surface area contributed by atoms with Gasteiger partial charge in [-0.25, -0.2) is 13.1 Å². The first kappa shape index (κ1) is 25.4. The Morgan fingerprint density at radius 2 is 1.69 bits per heavy atom. The van der Waals surface area contributed by atoms with Crippen molar-refractivity contribution in [2.24, 2.45) is 0 Å². The summed E-state index contributed by atoms with van der Waals surface area (Å²) in [4.78, 5) is 8.41. The third-order valence-corrected chi connectivity index (χ3v) is 9.41. The van der Waals surface area contributed by atoms with Crippen LogP contribution in [-0.2, 0) is 16.6 Å². The Hall–Kier alpha value is -3.83. The lowest BCUT2D eigenvalue weighted by molar-refractivity contribution is 0.0337. The van der Waals surface area contributed by atoms with Crippen LogP contribution in [0.2, 0.25) is 0 Å². The molecule has 5 aromatic rings. The number of aryl methyl sites for hydroxylation is 2. The normalized spacial score (nSPS) is 15.4. The van der Waals surface area contributed by atoms with Crippen molar-refractivity contribution in [3.63, 3.8) is 0 Å². The molecule has 2 N–H and O–H groups in total. The average Bonchev–Trinajstić information content (AvgIpc) is 3.61. The number of sulfonamides is 1. The number of hydrogen-bond acceptors (Lipinski definition) is 7. The second kappa shape index (κ2) is 9.73. The number of aliphatic hydroxyl groups is 1. The standard InChI is InChI=1S/C29H27N5O3S2/c1-18-12-19(2)34(31-18)24-5-7-25(8-6-24)39(36,37)32-23-14-21(15-30-16-23)28-11-10-27(38-28)20-4-9-26-22(13-20)17-33(3)29(26)35/h4-16,29,32,35H,17H2,1-3H3. The summed E-state index contributed by atoms with van der Waals surface area (Å²) >= 11 is 1.61. The second-order valence-electron chi connectivity index (χ2n) is 9.77. The highest BCUT2D eigenvalue weighted by Gasteiger charge is 2.25. The van der Waals surface area contributed by atoms with E-state index < -0.39 is 16.3 Å². The molecule has 8 nitrogen and oxygen atoms in total. The summed E-state index contributed by atoms with van der Waals surface area (Å²) in [6, 6.07) is 20.6. The highest BCUT2D eigenvalue weighted by Crippen LogP contribution is 2.38. The van der Waals surface area contributed by atoms with Gasteiger partial charge in [-0.1, -0.05) is 12.1 Å². The number of nitrogens with zero attached hydrogens (tertiary/aromatic N) is 4. The summed E-state index contributed by atoms with van der Waals surface area (Å²) in [7, 11) is -1.91. The lowest BCUT2D eigenvalue weighted by atomic mass is 10.0. The van der Waals surface area contributed by atoms with E-state index >= 15 is 0 Å². The Morgan fingerprint density at radius 1 is 0.949 bits per heavy atom. The van der Waals surface area contributed by atoms with Gasteiger partial charge in [-0.05, 0) is 92.2 Å². The highest BCUT2D eigenvalue weighted by molar-refractivity contribution is 7.92. The van der Waals surface area contributed by atoms with Gasteiger partial charge in [0.15, 0.2) is 0 Å². The molecule has 0 aliphatic carbocycles. The Morgan fingerprint density at radius 3 is 2.41 bits per heavy atom. The van der Waals surface area contributed by atoms with E-state index in [0.717, 1.165) is 49.1 Å². The topological polar surface area (TPSA) is 100 Å². The first-order valence-corrected chi connectivity index (χ1v) is 14.7. The minimum Gasteiger partial charge on any atom is -0.374 e. The van der Waals surface area contributed by atoms with Crippen molar-refractivity contribution in [2.75, 3.05) is 11.8 Å². The van der Waals surface area contributed by atoms with E-state index in [4.69, 9.17) is 0 Å². The summed E-state index contributed by atoms with van der Waals surface area (Å²) in [6.07, 6.45) is 2.67. The predicted octanol–water partition coefficient (Wildman–Crippen LogP) is 5.52. The molecule has 4 heterocycles. The summed E-state index contributed by atoms with van der Waals surface area (Å²) < 4.78 is 30.7. The van der Waals surface area contributed by atoms with Gasteiger partial charge in [-0.3, -0.25) is 14.6 Å². The SMILES string of the molecule is Cc1cc(C)n(-c2ccc(S(=O)(=O)Nc3cncc(-c4ccc(-c5ccc6c(c5)CN(C)C6O)s4)c3)cc2)n1. The molecule has 6 rings (SSSR count). The third kappa shape index (κ3) is 4.87. The molecular weight excluding hydrogens is 530 g/mol. The summed E-state index contributed by atoms with van der Waals surface area (Å²) in [5, 5.41) is 14.7. The Bertz CT molecular complexity index is 1790. The lowest BCUT2D eigenvalue weighted by Crippen LogP contribution is -2.15. The molecule has 1 atom stereocenters. The van der Waals surface area contributed by atoms with Crippen LogP contribution in [0.4, 0.5) is 5.69 Å². The molecule has 0 saturated carbocycles. The molecule has 0 fully saturated rings. The van der Waals surface area contributed by atoms with Gasteiger partial charge in [-0.2, -0.15) is 5.10 Å². The fraction of sp³-hybridized carbons (Fsp3) is 0.172. The molecule has 0 saturated heterocycles. The van der Waals surface area contributed by atoms with Gasteiger partial charge in [0.1, 0.15) is 6.23 Å². The van der Waals surface area contributed by atoms with E-state index in [0.29, 0.717) is 12.2 Å². The maximum Gasteiger partial charge on any atom is 0.261 e. The molecule has 0 bridgehead atoms. The molecule has 10 heteroatoms. The molecule has 1 unspecified atom stereocenters. The van der Waals surface area contributed by atoms with Crippen molar-refractivity contribution >= 4 is 27.0 Å². The third-order valence-electron chi connectivity index (χ3n) is 6.83. The smallest absolute Gasteiger partial charge is 0.261 e. The van der Waals surface area contributed by atoms with Crippen molar-refractivity contribution < 1.29 is 13.5 Å². The van der Waals surface area contributed by atoms with Crippen molar-refractivity contribution in [1.29, 1.82) is 0 Å². The van der Waals surface area contributed by atoms with Crippen molar-refractivity contribution in [2.45, 2.75) is 31.5 Å². The number of rotatable bonds is 6. The molecule has 198 valence electrons. The van der Waals surface area contributed by atoms with E-state index in [9.17, 15) is 13.5 Å². The molecule has 3 aromatic heterocycles. The van der Waals surface area contributed by atoms with Crippen LogP contribution in [0.1, 0.15) is 28.7 Å². The quantitative estimate of drug-likeness (QED) is 0.285. The maximum absolute atomic E-state index is 13.1. The summed E-state index contributed by atoms with van der Waals surface area (Å²) in [5.74, 6) is 0. The number of anilines is 1. The number of thiophene rings is 1. The van der Waals surface area contributed by atoms with E-state index in [-0.39, 0.29) is 4.90 Å². The van der Waals surface area contributed by atoms with E-state index in [2.05, 4.69) is 26.9 Å². The minimum atomic E-state index is -3.81. The zero-order valence-corrected chi connectivity index (χ0v) is 23.3. The minimum absolute atomic E-state index is 0.156. The van der Waals surface area contributed by atoms with Gasteiger partial charge in [-0.15, -0.1) is 11.3 Å². The van der Waals surface area contributed by atoms with E-state index in [1.165, 1.54) is 6.20 Å². The number of aromatic nitrogens is 3. The monoisotopic (exact) mass is 557 g/mol. The van der Waals surface area contributed by atoms with Gasteiger partial charge in [0.2, 0.25) is 0 Å². The second-order valence-corrected chi connectivity index (χ2v) is 12.5. The number of fused-ring (bicyclic) bond motifs is 1. The van der Waals surface area contributed by atoms with Crippen LogP contribution in [0.15, 0.2) is 84.0 Å². The summed E-state index contributed by atoms with van der Waals surface area (Å²) in [6.45, 7) is 4.59. The molecule has 1 aliphatic rings. The van der Waals surface area contributed by atoms with Gasteiger partial charge in [0, 0.05) is 33.8 Å². The number of pyridine rings is 1. The average molecular weight is 558 g/mol. The van der Waals surface area contributed by atoms with Crippen LogP contribution < -0.4 is 4.72 Å². The predicted molar refractivity (Wildman–Crippen MR) is 153 cm³/mol. The molecular formula is C29H27N5O3S2. The molecule has 1 aliphatic heterocycles. The van der Waals surface area contributed by atoms with E-state index in [1.54, 1.807) is 52.5 Å². The van der Waals surface area contributed by atoms with E-state index in [1.807, 2.05) is 50.1 Å². The van der Waals surface area contributed by atoms with Gasteiger partial charge < -0.3 is 5.11 Å². The number of benzene rings is 2. The van der Waals surface area contributed by atoms with Crippen molar-refractivity contribution in [3.8, 4) is 26.6 Å². The lowest BCUT2D eigenvalue weighted by Gasteiger charge is -2.12. The maximum atomic E-state index is 13.1. The molecule has 0 spiro atoms. The van der Waals surface area contributed by atoms with Gasteiger partial charge in [0.25, 0.3) is 10.0 Å². The zero-order chi connectivity index (χ0) is 27.3. The first-order valence-electron chi connectivity index (χ1n) is 12.4. The van der Waals surface area contributed by atoms with Gasteiger partial charge in [0.05, 0.1) is 28.2 Å². The van der Waals surface area contributed by atoms with Crippen molar-refractivity contribution in [3.05, 3.63) is 102 Å². The van der Waals surface area contributed by atoms with Crippen LogP contribution in [0, 0.1) is 13.8 Å². The Balaban J connectivity index is 1.21. The fourth-order valence-corrected chi connectivity index (χ4v) is 6.91. The highest BCUT2D eigenvalue weighted by atomic mass is 32.2. The molecule has 0 radical (unpaired) electrons. The zero-order valence-electron chi connectivity index (χ0n) is 21.7. The first-order chi connectivity index (χ1) is 18.7. The molecule has 0 amide bonds. The Labute approximate surface area is 231 Å². The number of aliphatic hydroxyl groups excluding tert-OH is 1. The number of nitrogens with one attached hydrogen (secondary N) is 1. The van der Waals surface area contributed by atoms with Crippen LogP contribution in [0.5, 0.6) is 0 Å². The molecule has 39 heavy (non-hydrogen) atoms. The Kier molecular flexibility index (Phi) is 6.35. The largest absolute Gasteiger partial charge is 0.374 e. The van der Waals surface area contributed by atoms with Gasteiger partial charge >= 0.3 is 0 Å². The number of hydrogen-bond donors (Lipinski definition) is 2. The fourth-order valence-electron chi connectivity index (χ4n) is 4.89. The summed E-state index contributed by atoms with van der Waals surface area (Å²) in [5.41, 5.74) is 7.04.